The van der Waals surface area contributed by atoms with Gasteiger partial charge in [0, 0.05) is 25.2 Å². The van der Waals surface area contributed by atoms with Gasteiger partial charge in [-0.05, 0) is 19.9 Å². The number of halogens is 2. The molecule has 2 N–H and O–H groups in total. The van der Waals surface area contributed by atoms with Crippen molar-refractivity contribution in [3.63, 3.8) is 0 Å². The van der Waals surface area contributed by atoms with Crippen LogP contribution in [0.3, 0.4) is 0 Å². The van der Waals surface area contributed by atoms with E-state index in [1.54, 1.807) is 6.07 Å². The number of aryl methyl sites for hydroxylation is 1. The molecule has 0 bridgehead atoms. The third kappa shape index (κ3) is 4.59. The Morgan fingerprint density at radius 3 is 2.68 bits per heavy atom. The third-order valence-electron chi connectivity index (χ3n) is 4.12. The molecule has 2 aromatic rings. The second kappa shape index (κ2) is 8.72. The highest BCUT2D eigenvalue weighted by atomic mass is 19.3. The number of nitrogens with zero attached hydrogens (tertiary/aromatic N) is 4. The van der Waals surface area contributed by atoms with Crippen LogP contribution in [0.15, 0.2) is 17.1 Å². The van der Waals surface area contributed by atoms with E-state index in [1.807, 2.05) is 25.5 Å². The molecule has 2 heterocycles. The van der Waals surface area contributed by atoms with Crippen LogP contribution in [0.1, 0.15) is 24.1 Å². The molecule has 3 rings (SSSR count). The van der Waals surface area contributed by atoms with Crippen molar-refractivity contribution in [1.29, 1.82) is 0 Å². The number of aromatic nitrogens is 3. The molecule has 11 heteroatoms. The zero-order valence-electron chi connectivity index (χ0n) is 15.8. The van der Waals surface area contributed by atoms with Crippen molar-refractivity contribution < 1.29 is 23.0 Å². The molecule has 0 spiro atoms. The van der Waals surface area contributed by atoms with Crippen molar-refractivity contribution >= 4 is 5.96 Å². The van der Waals surface area contributed by atoms with E-state index < -0.39 is 6.61 Å². The Morgan fingerprint density at radius 1 is 1.29 bits per heavy atom. The van der Waals surface area contributed by atoms with Gasteiger partial charge in [-0.1, -0.05) is 0 Å². The normalized spacial score (nSPS) is 13.1. The zero-order valence-corrected chi connectivity index (χ0v) is 15.8. The molecule has 28 heavy (non-hydrogen) atoms. The van der Waals surface area contributed by atoms with E-state index in [0.717, 1.165) is 11.6 Å². The van der Waals surface area contributed by atoms with Crippen molar-refractivity contribution in [2.75, 3.05) is 13.3 Å². The Hall–Kier alpha value is -3.11. The molecule has 0 unspecified atom stereocenters. The fraction of sp³-hybridized carbons (Fsp3) is 0.471. The summed E-state index contributed by atoms with van der Waals surface area (Å²) in [6.45, 7) is 2.02. The van der Waals surface area contributed by atoms with Gasteiger partial charge in [-0.15, -0.1) is 10.2 Å². The summed E-state index contributed by atoms with van der Waals surface area (Å²) >= 11 is 0. The van der Waals surface area contributed by atoms with Crippen LogP contribution in [0.5, 0.6) is 17.2 Å². The molecule has 152 valence electrons. The summed E-state index contributed by atoms with van der Waals surface area (Å²) in [4.78, 5) is 4.44. The first-order valence-electron chi connectivity index (χ1n) is 8.72. The lowest BCUT2D eigenvalue weighted by Crippen LogP contribution is -2.37. The summed E-state index contributed by atoms with van der Waals surface area (Å²) in [5.74, 6) is 2.89. The van der Waals surface area contributed by atoms with Crippen molar-refractivity contribution in [3.8, 4) is 17.2 Å². The van der Waals surface area contributed by atoms with E-state index in [-0.39, 0.29) is 19.1 Å². The monoisotopic (exact) mass is 396 g/mol. The maximum Gasteiger partial charge on any atom is 0.387 e. The van der Waals surface area contributed by atoms with Crippen LogP contribution < -0.4 is 24.8 Å². The van der Waals surface area contributed by atoms with Crippen molar-refractivity contribution in [2.45, 2.75) is 33.5 Å². The molecular weight excluding hydrogens is 374 g/mol. The number of hydrogen-bond donors (Lipinski definition) is 2. The minimum absolute atomic E-state index is 0.00257. The average Bonchev–Trinajstić information content (AvgIpc) is 3.23. The Kier molecular flexibility index (Phi) is 6.12. The highest BCUT2D eigenvalue weighted by Gasteiger charge is 2.20. The average molecular weight is 396 g/mol. The van der Waals surface area contributed by atoms with Gasteiger partial charge in [0.15, 0.2) is 23.3 Å². The number of alkyl halides is 2. The van der Waals surface area contributed by atoms with Gasteiger partial charge < -0.3 is 29.4 Å². The van der Waals surface area contributed by atoms with Gasteiger partial charge >= 0.3 is 6.61 Å². The van der Waals surface area contributed by atoms with E-state index >= 15 is 0 Å². The third-order valence-corrected chi connectivity index (χ3v) is 4.12. The molecule has 0 fully saturated rings. The standard InChI is InChI=1S/C17H22F2N6O3/c1-4-20-17(22-8-15-24-23-10(2)25(15)3)21-7-11-5-13-14(27-9-26-13)6-12(11)28-16(18)19/h5-6,16H,4,7-9H2,1-3H3,(H2,20,21,22). The number of aliphatic imine (C=N–C) groups is 1. The molecule has 0 atom stereocenters. The number of guanidine groups is 1. The summed E-state index contributed by atoms with van der Waals surface area (Å²) < 4.78 is 42.5. The Balaban J connectivity index is 1.75. The van der Waals surface area contributed by atoms with E-state index in [4.69, 9.17) is 9.47 Å². The summed E-state index contributed by atoms with van der Waals surface area (Å²) in [6.07, 6.45) is 0. The van der Waals surface area contributed by atoms with E-state index in [0.29, 0.717) is 36.1 Å². The lowest BCUT2D eigenvalue weighted by Gasteiger charge is -2.13. The summed E-state index contributed by atoms with van der Waals surface area (Å²) in [6, 6.07) is 2.99. The van der Waals surface area contributed by atoms with Crippen LogP contribution in [-0.2, 0) is 20.1 Å². The van der Waals surface area contributed by atoms with Crippen LogP contribution in [0, 0.1) is 6.92 Å². The van der Waals surface area contributed by atoms with E-state index in [9.17, 15) is 8.78 Å². The lowest BCUT2D eigenvalue weighted by molar-refractivity contribution is -0.0505. The predicted octanol–water partition coefficient (Wildman–Crippen LogP) is 1.71. The maximum absolute atomic E-state index is 12.8. The highest BCUT2D eigenvalue weighted by Crippen LogP contribution is 2.39. The summed E-state index contributed by atoms with van der Waals surface area (Å²) in [5, 5.41) is 14.3. The van der Waals surface area contributed by atoms with Gasteiger partial charge in [-0.25, -0.2) is 4.99 Å². The van der Waals surface area contributed by atoms with Crippen molar-refractivity contribution in [3.05, 3.63) is 29.3 Å². The first-order chi connectivity index (χ1) is 13.5. The molecule has 0 saturated heterocycles. The molecule has 1 aromatic heterocycles. The molecule has 1 aliphatic heterocycles. The molecule has 1 aliphatic rings. The number of hydrogen-bond acceptors (Lipinski definition) is 6. The Morgan fingerprint density at radius 2 is 2.04 bits per heavy atom. The van der Waals surface area contributed by atoms with Crippen LogP contribution in [0.25, 0.3) is 0 Å². The topological polar surface area (TPSA) is 94.8 Å². The SMILES string of the molecule is CCNC(=NCc1cc2c(cc1OC(F)F)OCO2)NCc1nnc(C)n1C. The number of ether oxygens (including phenoxy) is 3. The van der Waals surface area contributed by atoms with Gasteiger partial charge in [0.05, 0.1) is 13.1 Å². The van der Waals surface area contributed by atoms with Gasteiger partial charge in [0.1, 0.15) is 11.6 Å². The highest BCUT2D eigenvalue weighted by molar-refractivity contribution is 5.79. The molecule has 9 nitrogen and oxygen atoms in total. The fourth-order valence-corrected chi connectivity index (χ4v) is 2.57. The second-order valence-electron chi connectivity index (χ2n) is 5.96. The van der Waals surface area contributed by atoms with Crippen LogP contribution in [0.4, 0.5) is 8.78 Å². The maximum atomic E-state index is 12.8. The lowest BCUT2D eigenvalue weighted by atomic mass is 10.1. The molecule has 0 saturated carbocycles. The molecule has 0 aliphatic carbocycles. The minimum Gasteiger partial charge on any atom is -0.454 e. The van der Waals surface area contributed by atoms with Gasteiger partial charge in [0.2, 0.25) is 6.79 Å². The second-order valence-corrected chi connectivity index (χ2v) is 5.96. The molecule has 1 aromatic carbocycles. The zero-order chi connectivity index (χ0) is 20.1. The quantitative estimate of drug-likeness (QED) is 0.543. The summed E-state index contributed by atoms with van der Waals surface area (Å²) in [5.41, 5.74) is 0.455. The number of benzene rings is 1. The van der Waals surface area contributed by atoms with Crippen molar-refractivity contribution in [1.82, 2.24) is 25.4 Å². The largest absolute Gasteiger partial charge is 0.454 e. The first-order valence-corrected chi connectivity index (χ1v) is 8.72. The molecule has 0 amide bonds. The van der Waals surface area contributed by atoms with Crippen LogP contribution in [0.2, 0.25) is 0 Å². The van der Waals surface area contributed by atoms with Crippen molar-refractivity contribution in [2.24, 2.45) is 12.0 Å². The van der Waals surface area contributed by atoms with Gasteiger partial charge in [-0.3, -0.25) is 0 Å². The van der Waals surface area contributed by atoms with E-state index in [1.165, 1.54) is 6.07 Å². The number of fused-ring (bicyclic) bond motifs is 1. The van der Waals surface area contributed by atoms with Gasteiger partial charge in [0.25, 0.3) is 0 Å². The first kappa shape index (κ1) is 19.6. The van der Waals surface area contributed by atoms with Gasteiger partial charge in [-0.2, -0.15) is 8.78 Å². The smallest absolute Gasteiger partial charge is 0.387 e. The van der Waals surface area contributed by atoms with Crippen LogP contribution >= 0.6 is 0 Å². The predicted molar refractivity (Wildman–Crippen MR) is 96.6 cm³/mol. The fourth-order valence-electron chi connectivity index (χ4n) is 2.57. The molecular formula is C17H22F2N6O3. The Labute approximate surface area is 160 Å². The number of nitrogens with one attached hydrogen (secondary N) is 2. The summed E-state index contributed by atoms with van der Waals surface area (Å²) in [7, 11) is 1.87. The minimum atomic E-state index is -2.95. The molecule has 0 radical (unpaired) electrons. The van der Waals surface area contributed by atoms with E-state index in [2.05, 4.69) is 30.6 Å². The number of rotatable bonds is 7. The Bertz CT molecular complexity index is 856. The van der Waals surface area contributed by atoms with Crippen LogP contribution in [-0.4, -0.2) is 40.7 Å².